The lowest BCUT2D eigenvalue weighted by atomic mass is 10.0. The normalized spacial score (nSPS) is 13.9. The molecule has 2 atom stereocenters. The Labute approximate surface area is 304 Å². The van der Waals surface area contributed by atoms with E-state index in [0.717, 1.165) is 57.8 Å². The van der Waals surface area contributed by atoms with Crippen molar-refractivity contribution in [2.24, 2.45) is 0 Å². The minimum atomic E-state index is -4.70. The highest BCUT2D eigenvalue weighted by Gasteiger charge is 2.36. The maximum absolute atomic E-state index is 13.0. The van der Waals surface area contributed by atoms with Crippen LogP contribution >= 0.6 is 7.82 Å². The third-order valence-corrected chi connectivity index (χ3v) is 10.2. The van der Waals surface area contributed by atoms with Crippen LogP contribution in [0.1, 0.15) is 206 Å². The van der Waals surface area contributed by atoms with Crippen LogP contribution in [0, 0.1) is 0 Å². The van der Waals surface area contributed by atoms with Gasteiger partial charge in [0.05, 0.1) is 21.1 Å². The number of hydrogen-bond donors (Lipinski definition) is 1. The van der Waals surface area contributed by atoms with E-state index >= 15 is 0 Å². The summed E-state index contributed by atoms with van der Waals surface area (Å²) in [4.78, 5) is 35.7. The van der Waals surface area contributed by atoms with Crippen LogP contribution in [0.3, 0.4) is 0 Å². The summed E-state index contributed by atoms with van der Waals surface area (Å²) in [6, 6.07) is 0. The Morgan fingerprint density at radius 1 is 0.571 bits per heavy atom. The van der Waals surface area contributed by atoms with Crippen LogP contribution in [-0.2, 0) is 23.2 Å². The third kappa shape index (κ3) is 35.2. The van der Waals surface area contributed by atoms with E-state index in [1.54, 1.807) is 0 Å². The van der Waals surface area contributed by atoms with E-state index in [9.17, 15) is 19.0 Å². The number of rotatable bonds is 37. The lowest BCUT2D eigenvalue weighted by Gasteiger charge is -2.29. The first kappa shape index (κ1) is 48.0. The predicted molar refractivity (Wildman–Crippen MR) is 208 cm³/mol. The second-order valence-corrected chi connectivity index (χ2v) is 16.8. The van der Waals surface area contributed by atoms with Crippen molar-refractivity contribution >= 4 is 19.6 Å². The van der Waals surface area contributed by atoms with Crippen molar-refractivity contribution in [1.29, 1.82) is 0 Å². The molecule has 0 aliphatic heterocycles. The second-order valence-electron chi connectivity index (χ2n) is 15.5. The van der Waals surface area contributed by atoms with Crippen LogP contribution in [0.2, 0.25) is 0 Å². The largest absolute Gasteiger partial charge is 0.530 e. The molecule has 0 aromatic heterocycles. The van der Waals surface area contributed by atoms with E-state index < -0.39 is 19.9 Å². The number of likely N-dealkylation sites (N-methyl/N-ethyl adjacent to an activating group) is 1. The summed E-state index contributed by atoms with van der Waals surface area (Å²) in [6.07, 6.45) is 37.6. The van der Waals surface area contributed by atoms with Gasteiger partial charge >= 0.3 is 13.8 Å². The van der Waals surface area contributed by atoms with Crippen molar-refractivity contribution in [1.82, 2.24) is 0 Å². The van der Waals surface area contributed by atoms with Crippen LogP contribution in [0.25, 0.3) is 0 Å². The Balaban J connectivity index is 4.12. The van der Waals surface area contributed by atoms with Gasteiger partial charge in [-0.05, 0) is 38.5 Å². The Hall–Kier alpha value is -1.01. The molecule has 7 nitrogen and oxygen atoms in total. The van der Waals surface area contributed by atoms with Crippen LogP contribution in [0.5, 0.6) is 0 Å². The Morgan fingerprint density at radius 3 is 1.31 bits per heavy atom. The molecule has 0 fully saturated rings. The van der Waals surface area contributed by atoms with Gasteiger partial charge < -0.3 is 9.01 Å². The van der Waals surface area contributed by atoms with Gasteiger partial charge in [-0.15, -0.1) is 0 Å². The van der Waals surface area contributed by atoms with Crippen molar-refractivity contribution < 1.29 is 32.6 Å². The molecule has 290 valence electrons. The molecule has 0 aliphatic carbocycles. The standard InChI is InChI=1S/C41H80NO6P/c1-6-8-10-12-14-16-18-20-22-24-26-28-30-32-34-36-39(43)40(38-42(3,4)5)47-49(45,46)48-41(44)37-35-33-31-29-27-25-23-21-19-17-15-13-11-9-7-2/h20,22,40H,6-19,21,23-38H2,1-5H3/p+1. The van der Waals surface area contributed by atoms with Crippen molar-refractivity contribution in [2.45, 2.75) is 213 Å². The molecule has 0 bridgehead atoms. The molecule has 0 aliphatic rings. The zero-order valence-electron chi connectivity index (χ0n) is 33.0. The van der Waals surface area contributed by atoms with E-state index in [1.165, 1.54) is 116 Å². The monoisotopic (exact) mass is 715 g/mol. The average Bonchev–Trinajstić information content (AvgIpc) is 3.03. The van der Waals surface area contributed by atoms with Gasteiger partial charge in [0, 0.05) is 12.8 Å². The SMILES string of the molecule is CCCCCCCCC=CCCCCCCCC(=O)C(C[N+](C)(C)C)OP(=O)(O)OC(=O)CCCCCCCCCCCCCCCCC. The quantitative estimate of drug-likeness (QED) is 0.0298. The molecule has 0 saturated heterocycles. The van der Waals surface area contributed by atoms with Crippen molar-refractivity contribution in [3.05, 3.63) is 12.2 Å². The maximum Gasteiger partial charge on any atom is 0.530 e. The fourth-order valence-electron chi connectivity index (χ4n) is 6.22. The van der Waals surface area contributed by atoms with Crippen LogP contribution in [0.4, 0.5) is 0 Å². The molecule has 49 heavy (non-hydrogen) atoms. The van der Waals surface area contributed by atoms with Gasteiger partial charge in [-0.25, -0.2) is 4.57 Å². The van der Waals surface area contributed by atoms with E-state index in [4.69, 9.17) is 9.05 Å². The molecule has 0 heterocycles. The first-order chi connectivity index (χ1) is 23.5. The summed E-state index contributed by atoms with van der Waals surface area (Å²) in [7, 11) is 1.00. The van der Waals surface area contributed by atoms with Crippen LogP contribution < -0.4 is 0 Å². The predicted octanol–water partition coefficient (Wildman–Crippen LogP) is 12.6. The summed E-state index contributed by atoms with van der Waals surface area (Å²) in [6.45, 7) is 4.74. The zero-order valence-corrected chi connectivity index (χ0v) is 33.9. The first-order valence-corrected chi connectivity index (χ1v) is 22.2. The maximum atomic E-state index is 13.0. The van der Waals surface area contributed by atoms with Gasteiger partial charge in [0.15, 0.2) is 11.9 Å². The van der Waals surface area contributed by atoms with E-state index in [-0.39, 0.29) is 25.2 Å². The Bertz CT molecular complexity index is 855. The number of carbonyl (C=O) groups is 2. The van der Waals surface area contributed by atoms with Gasteiger partial charge in [0.1, 0.15) is 6.54 Å². The summed E-state index contributed by atoms with van der Waals surface area (Å²) in [5.74, 6) is -0.951. The lowest BCUT2D eigenvalue weighted by molar-refractivity contribution is -0.872. The summed E-state index contributed by atoms with van der Waals surface area (Å²) in [5, 5.41) is 0. The van der Waals surface area contributed by atoms with Crippen LogP contribution in [0.15, 0.2) is 12.2 Å². The molecule has 0 spiro atoms. The Morgan fingerprint density at radius 2 is 0.918 bits per heavy atom. The minimum Gasteiger partial charge on any atom is -0.371 e. The zero-order chi connectivity index (χ0) is 36.5. The molecule has 1 N–H and O–H groups in total. The molecule has 0 saturated carbocycles. The van der Waals surface area contributed by atoms with Crippen LogP contribution in [-0.4, -0.2) is 54.9 Å². The van der Waals surface area contributed by atoms with Gasteiger partial charge in [-0.3, -0.25) is 19.0 Å². The fraction of sp³-hybridized carbons (Fsp3) is 0.902. The fourth-order valence-corrected chi connectivity index (χ4v) is 7.12. The highest BCUT2D eigenvalue weighted by atomic mass is 31.2. The van der Waals surface area contributed by atoms with Crippen molar-refractivity contribution in [3.8, 4) is 0 Å². The van der Waals surface area contributed by atoms with E-state index in [0.29, 0.717) is 10.9 Å². The number of nitrogens with zero attached hydrogens (tertiary/aromatic N) is 1. The highest BCUT2D eigenvalue weighted by Crippen LogP contribution is 2.45. The van der Waals surface area contributed by atoms with E-state index in [2.05, 4.69) is 26.0 Å². The smallest absolute Gasteiger partial charge is 0.371 e. The molecule has 0 aromatic carbocycles. The molecule has 0 aromatic rings. The molecular weight excluding hydrogens is 633 g/mol. The van der Waals surface area contributed by atoms with Gasteiger partial charge in [-0.1, -0.05) is 167 Å². The average molecular weight is 715 g/mol. The van der Waals surface area contributed by atoms with Gasteiger partial charge in [0.25, 0.3) is 0 Å². The highest BCUT2D eigenvalue weighted by molar-refractivity contribution is 7.48. The summed E-state index contributed by atoms with van der Waals surface area (Å²) in [5.41, 5.74) is 0. The number of ketones is 1. The number of allylic oxidation sites excluding steroid dienone is 2. The van der Waals surface area contributed by atoms with Crippen molar-refractivity contribution in [3.63, 3.8) is 0 Å². The number of carbonyl (C=O) groups excluding carboxylic acids is 2. The van der Waals surface area contributed by atoms with Gasteiger partial charge in [0.2, 0.25) is 0 Å². The number of unbranched alkanes of at least 4 members (excludes halogenated alkanes) is 25. The summed E-state index contributed by atoms with van der Waals surface area (Å²) >= 11 is 0. The third-order valence-electron chi connectivity index (χ3n) is 9.22. The molecule has 2 unspecified atom stereocenters. The number of hydrogen-bond acceptors (Lipinski definition) is 5. The lowest BCUT2D eigenvalue weighted by Crippen LogP contribution is -2.45. The topological polar surface area (TPSA) is 89.9 Å². The summed E-state index contributed by atoms with van der Waals surface area (Å²) < 4.78 is 23.3. The first-order valence-electron chi connectivity index (χ1n) is 20.7. The number of phosphoric acid groups is 1. The molecule has 0 radical (unpaired) electrons. The number of Topliss-reactive ketones (excluding diaryl/α,β-unsaturated/α-hetero) is 1. The van der Waals surface area contributed by atoms with Gasteiger partial charge in [-0.2, -0.15) is 0 Å². The minimum absolute atomic E-state index is 0.0784. The molecular formula is C41H81NO6P+. The molecule has 0 rings (SSSR count). The number of phosphoric ester groups is 1. The molecule has 8 heteroatoms. The van der Waals surface area contributed by atoms with E-state index in [1.807, 2.05) is 21.1 Å². The Kier molecular flexibility index (Phi) is 32.2. The second kappa shape index (κ2) is 32.9. The van der Waals surface area contributed by atoms with Crippen molar-refractivity contribution in [2.75, 3.05) is 27.7 Å². The number of quaternary nitrogens is 1. The molecule has 0 amide bonds.